The molecule has 0 bridgehead atoms. The highest BCUT2D eigenvalue weighted by Crippen LogP contribution is 2.37. The number of benzene rings is 2. The summed E-state index contributed by atoms with van der Waals surface area (Å²) in [5.41, 5.74) is 0. The SMILES string of the molecule is FC(Cl)=CCOc1cc(Cl)c(OCCCCOc2ccc(Br)cc2)c(Cl)c1. The summed E-state index contributed by atoms with van der Waals surface area (Å²) in [6.07, 6.45) is 2.69. The summed E-state index contributed by atoms with van der Waals surface area (Å²) in [5, 5.41) is -0.200. The van der Waals surface area contributed by atoms with E-state index in [1.54, 1.807) is 12.1 Å². The van der Waals surface area contributed by atoms with E-state index in [-0.39, 0.29) is 6.61 Å². The maximum atomic E-state index is 12.4. The van der Waals surface area contributed by atoms with E-state index in [4.69, 9.17) is 49.0 Å². The molecule has 0 N–H and O–H groups in total. The molecule has 0 aliphatic rings. The molecule has 0 aromatic heterocycles. The van der Waals surface area contributed by atoms with Crippen LogP contribution in [0, 0.1) is 0 Å². The second-order valence-electron chi connectivity index (χ2n) is 5.38. The summed E-state index contributed by atoms with van der Waals surface area (Å²) < 4.78 is 30.0. The number of ether oxygens (including phenoxy) is 3. The van der Waals surface area contributed by atoms with Gasteiger partial charge >= 0.3 is 0 Å². The molecule has 0 spiro atoms. The molecular formula is C19H17BrCl3FO3. The van der Waals surface area contributed by atoms with Crippen LogP contribution in [-0.4, -0.2) is 19.8 Å². The van der Waals surface area contributed by atoms with Crippen molar-refractivity contribution < 1.29 is 18.6 Å². The zero-order valence-electron chi connectivity index (χ0n) is 14.2. The van der Waals surface area contributed by atoms with Gasteiger partial charge in [-0.15, -0.1) is 0 Å². The molecule has 2 aromatic rings. The van der Waals surface area contributed by atoms with E-state index in [9.17, 15) is 4.39 Å². The van der Waals surface area contributed by atoms with Gasteiger partial charge in [0.2, 0.25) is 0 Å². The molecule has 0 heterocycles. The van der Waals surface area contributed by atoms with Crippen molar-refractivity contribution in [1.29, 1.82) is 0 Å². The average molecular weight is 499 g/mol. The number of halogens is 5. The fourth-order valence-corrected chi connectivity index (χ4v) is 2.96. The molecular weight excluding hydrogens is 481 g/mol. The topological polar surface area (TPSA) is 27.7 Å². The predicted molar refractivity (Wildman–Crippen MR) is 111 cm³/mol. The summed E-state index contributed by atoms with van der Waals surface area (Å²) in [4.78, 5) is 0. The van der Waals surface area contributed by atoms with Crippen molar-refractivity contribution >= 4 is 50.7 Å². The van der Waals surface area contributed by atoms with E-state index in [1.807, 2.05) is 24.3 Å². The predicted octanol–water partition coefficient (Wildman–Crippen LogP) is 7.42. The second kappa shape index (κ2) is 11.6. The summed E-state index contributed by atoms with van der Waals surface area (Å²) in [5.74, 6) is 1.61. The van der Waals surface area contributed by atoms with Gasteiger partial charge in [0.1, 0.15) is 18.1 Å². The molecule has 0 aliphatic carbocycles. The van der Waals surface area contributed by atoms with Gasteiger partial charge in [-0.05, 0) is 37.1 Å². The highest BCUT2D eigenvalue weighted by molar-refractivity contribution is 9.10. The van der Waals surface area contributed by atoms with Crippen molar-refractivity contribution in [2.45, 2.75) is 12.8 Å². The lowest BCUT2D eigenvalue weighted by atomic mass is 10.3. The number of rotatable bonds is 10. The van der Waals surface area contributed by atoms with Crippen LogP contribution in [0.2, 0.25) is 10.0 Å². The third-order valence-electron chi connectivity index (χ3n) is 3.33. The third kappa shape index (κ3) is 8.18. The zero-order valence-corrected chi connectivity index (χ0v) is 18.0. The van der Waals surface area contributed by atoms with Crippen molar-refractivity contribution in [3.63, 3.8) is 0 Å². The van der Waals surface area contributed by atoms with Crippen LogP contribution in [-0.2, 0) is 0 Å². The van der Waals surface area contributed by atoms with Crippen LogP contribution in [0.25, 0.3) is 0 Å². The monoisotopic (exact) mass is 496 g/mol. The lowest BCUT2D eigenvalue weighted by Crippen LogP contribution is -2.03. The normalized spacial score (nSPS) is 11.4. The molecule has 0 fully saturated rings. The van der Waals surface area contributed by atoms with Crippen molar-refractivity contribution in [1.82, 2.24) is 0 Å². The largest absolute Gasteiger partial charge is 0.494 e. The molecule has 27 heavy (non-hydrogen) atoms. The van der Waals surface area contributed by atoms with Gasteiger partial charge in [-0.2, -0.15) is 4.39 Å². The quantitative estimate of drug-likeness (QED) is 0.319. The van der Waals surface area contributed by atoms with Gasteiger partial charge in [0.25, 0.3) is 0 Å². The third-order valence-corrected chi connectivity index (χ3v) is 4.57. The Morgan fingerprint density at radius 3 is 2.11 bits per heavy atom. The van der Waals surface area contributed by atoms with E-state index >= 15 is 0 Å². The van der Waals surface area contributed by atoms with Gasteiger partial charge < -0.3 is 14.2 Å². The first-order valence-electron chi connectivity index (χ1n) is 8.10. The van der Waals surface area contributed by atoms with Gasteiger partial charge in [0.05, 0.1) is 23.3 Å². The Hall–Kier alpha value is -1.14. The molecule has 0 saturated heterocycles. The minimum absolute atomic E-state index is 0.0272. The van der Waals surface area contributed by atoms with Gasteiger partial charge in [0.15, 0.2) is 11.0 Å². The average Bonchev–Trinajstić information content (AvgIpc) is 2.61. The fraction of sp³-hybridized carbons (Fsp3) is 0.263. The van der Waals surface area contributed by atoms with E-state index in [0.29, 0.717) is 34.8 Å². The van der Waals surface area contributed by atoms with E-state index < -0.39 is 5.29 Å². The first kappa shape index (κ1) is 22.2. The summed E-state index contributed by atoms with van der Waals surface area (Å²) >= 11 is 20.8. The molecule has 0 aliphatic heterocycles. The highest BCUT2D eigenvalue weighted by Gasteiger charge is 2.10. The van der Waals surface area contributed by atoms with Crippen molar-refractivity contribution in [2.24, 2.45) is 0 Å². The molecule has 0 radical (unpaired) electrons. The molecule has 0 atom stereocenters. The van der Waals surface area contributed by atoms with Crippen molar-refractivity contribution in [3.8, 4) is 17.2 Å². The van der Waals surface area contributed by atoms with E-state index in [0.717, 1.165) is 29.1 Å². The molecule has 2 rings (SSSR count). The van der Waals surface area contributed by atoms with Gasteiger partial charge in [-0.25, -0.2) is 0 Å². The Balaban J connectivity index is 1.73. The van der Waals surface area contributed by atoms with E-state index in [2.05, 4.69) is 15.9 Å². The second-order valence-corrected chi connectivity index (χ2v) is 7.47. The Kier molecular flexibility index (Phi) is 9.56. The van der Waals surface area contributed by atoms with Crippen LogP contribution in [0.3, 0.4) is 0 Å². The van der Waals surface area contributed by atoms with Crippen LogP contribution in [0.15, 0.2) is 52.2 Å². The van der Waals surface area contributed by atoms with E-state index in [1.165, 1.54) is 0 Å². The summed E-state index contributed by atoms with van der Waals surface area (Å²) in [6, 6.07) is 10.8. The van der Waals surface area contributed by atoms with Gasteiger partial charge in [-0.1, -0.05) is 50.7 Å². The molecule has 3 nitrogen and oxygen atoms in total. The Labute approximate surface area is 181 Å². The van der Waals surface area contributed by atoms with Crippen LogP contribution in [0.1, 0.15) is 12.8 Å². The highest BCUT2D eigenvalue weighted by atomic mass is 79.9. The summed E-state index contributed by atoms with van der Waals surface area (Å²) in [7, 11) is 0. The minimum atomic E-state index is -0.837. The standard InChI is InChI=1S/C19H17BrCl3FO3/c20-13-3-5-14(6-4-13)25-8-1-2-9-27-19-16(21)11-15(12-17(19)22)26-10-7-18(23)24/h3-7,11-12H,1-2,8-10H2. The first-order valence-corrected chi connectivity index (χ1v) is 10.0. The maximum Gasteiger partial charge on any atom is 0.188 e. The van der Waals surface area contributed by atoms with Gasteiger partial charge in [-0.3, -0.25) is 0 Å². The molecule has 146 valence electrons. The first-order chi connectivity index (χ1) is 13.0. The van der Waals surface area contributed by atoms with Crippen LogP contribution in [0.5, 0.6) is 17.2 Å². The van der Waals surface area contributed by atoms with Crippen molar-refractivity contribution in [2.75, 3.05) is 19.8 Å². The fourth-order valence-electron chi connectivity index (χ4n) is 2.06. The molecule has 0 saturated carbocycles. The summed E-state index contributed by atoms with van der Waals surface area (Å²) in [6.45, 7) is 1.01. The number of hydrogen-bond donors (Lipinski definition) is 0. The molecule has 2 aromatic carbocycles. The molecule has 8 heteroatoms. The Bertz CT molecular complexity index is 742. The maximum absolute atomic E-state index is 12.4. The van der Waals surface area contributed by atoms with Crippen LogP contribution < -0.4 is 14.2 Å². The zero-order chi connectivity index (χ0) is 19.6. The Morgan fingerprint density at radius 2 is 1.52 bits per heavy atom. The number of hydrogen-bond acceptors (Lipinski definition) is 3. The Morgan fingerprint density at radius 1 is 0.926 bits per heavy atom. The van der Waals surface area contributed by atoms with Crippen molar-refractivity contribution in [3.05, 3.63) is 62.3 Å². The smallest absolute Gasteiger partial charge is 0.188 e. The lowest BCUT2D eigenvalue weighted by Gasteiger charge is -2.12. The molecule has 0 amide bonds. The lowest BCUT2D eigenvalue weighted by molar-refractivity contribution is 0.266. The van der Waals surface area contributed by atoms with Crippen LogP contribution in [0.4, 0.5) is 4.39 Å². The van der Waals surface area contributed by atoms with Crippen LogP contribution >= 0.6 is 50.7 Å². The molecule has 0 unspecified atom stereocenters. The number of unbranched alkanes of at least 4 members (excludes halogenated alkanes) is 1. The minimum Gasteiger partial charge on any atom is -0.494 e. The van der Waals surface area contributed by atoms with Gasteiger partial charge in [0, 0.05) is 22.7 Å².